The molecule has 2 N–H and O–H groups in total. The van der Waals surface area contributed by atoms with E-state index in [-0.39, 0.29) is 6.04 Å². The summed E-state index contributed by atoms with van der Waals surface area (Å²) in [7, 11) is 0. The number of alkyl carbamates (subject to hydrolysis) is 1. The minimum absolute atomic E-state index is 0.0218. The van der Waals surface area contributed by atoms with Gasteiger partial charge in [0.05, 0.1) is 11.3 Å². The van der Waals surface area contributed by atoms with Gasteiger partial charge in [0.1, 0.15) is 11.7 Å². The van der Waals surface area contributed by atoms with Crippen LogP contribution in [0, 0.1) is 18.3 Å². The van der Waals surface area contributed by atoms with Crippen LogP contribution < -0.4 is 10.6 Å². The van der Waals surface area contributed by atoms with E-state index in [1.165, 1.54) is 0 Å². The molecule has 1 aromatic carbocycles. The number of anilines is 1. The van der Waals surface area contributed by atoms with Crippen LogP contribution in [0.15, 0.2) is 18.2 Å². The molecule has 0 spiro atoms. The molecule has 0 aliphatic carbocycles. The van der Waals surface area contributed by atoms with Gasteiger partial charge in [-0.05, 0) is 46.2 Å². The van der Waals surface area contributed by atoms with Crippen molar-refractivity contribution in [1.82, 2.24) is 5.32 Å². The highest BCUT2D eigenvalue weighted by Crippen LogP contribution is 2.19. The second-order valence-corrected chi connectivity index (χ2v) is 6.04. The molecule has 0 aliphatic rings. The number of rotatable bonds is 4. The summed E-state index contributed by atoms with van der Waals surface area (Å²) in [6, 6.07) is 7.82. The lowest BCUT2D eigenvalue weighted by Crippen LogP contribution is -2.38. The van der Waals surface area contributed by atoms with Crippen LogP contribution in [-0.4, -0.2) is 24.3 Å². The Bertz CT molecular complexity index is 541. The molecule has 5 heteroatoms. The number of hydrogen-bond donors (Lipinski definition) is 2. The fraction of sp³-hybridized carbons (Fsp3) is 0.500. The van der Waals surface area contributed by atoms with Crippen molar-refractivity contribution in [2.24, 2.45) is 0 Å². The third-order valence-corrected chi connectivity index (χ3v) is 2.74. The van der Waals surface area contributed by atoms with Crippen molar-refractivity contribution in [3.63, 3.8) is 0 Å². The molecule has 0 bridgehead atoms. The second-order valence-electron chi connectivity index (χ2n) is 6.04. The largest absolute Gasteiger partial charge is 0.444 e. The van der Waals surface area contributed by atoms with E-state index in [9.17, 15) is 10.1 Å². The molecule has 0 aliphatic heterocycles. The summed E-state index contributed by atoms with van der Waals surface area (Å²) >= 11 is 0. The summed E-state index contributed by atoms with van der Waals surface area (Å²) in [5.74, 6) is 0. The van der Waals surface area contributed by atoms with E-state index in [1.807, 2.05) is 52.8 Å². The zero-order valence-corrected chi connectivity index (χ0v) is 13.3. The number of aryl methyl sites for hydroxylation is 1. The molecule has 1 aromatic rings. The van der Waals surface area contributed by atoms with Gasteiger partial charge in [-0.3, -0.25) is 0 Å². The average molecular weight is 289 g/mol. The topological polar surface area (TPSA) is 74.2 Å². The Kier molecular flexibility index (Phi) is 5.60. The van der Waals surface area contributed by atoms with Crippen LogP contribution >= 0.6 is 0 Å². The molecule has 0 saturated heterocycles. The van der Waals surface area contributed by atoms with E-state index in [4.69, 9.17) is 4.74 Å². The van der Waals surface area contributed by atoms with E-state index in [1.54, 1.807) is 0 Å². The van der Waals surface area contributed by atoms with Crippen molar-refractivity contribution >= 4 is 11.8 Å². The summed E-state index contributed by atoms with van der Waals surface area (Å²) in [6.45, 7) is 9.70. The Morgan fingerprint density at radius 3 is 2.67 bits per heavy atom. The fourth-order valence-corrected chi connectivity index (χ4v) is 1.80. The Hall–Kier alpha value is -2.22. The van der Waals surface area contributed by atoms with Crippen molar-refractivity contribution in [2.75, 3.05) is 11.9 Å². The molecule has 114 valence electrons. The Morgan fingerprint density at radius 2 is 2.10 bits per heavy atom. The zero-order chi connectivity index (χ0) is 16.0. The third kappa shape index (κ3) is 5.74. The molecule has 1 amide bonds. The van der Waals surface area contributed by atoms with Crippen molar-refractivity contribution < 1.29 is 9.53 Å². The van der Waals surface area contributed by atoms with Gasteiger partial charge in [0, 0.05) is 12.6 Å². The van der Waals surface area contributed by atoms with Gasteiger partial charge in [-0.25, -0.2) is 4.79 Å². The number of amides is 1. The van der Waals surface area contributed by atoms with Crippen LogP contribution in [0.2, 0.25) is 0 Å². The summed E-state index contributed by atoms with van der Waals surface area (Å²) in [4.78, 5) is 11.6. The monoisotopic (exact) mass is 289 g/mol. The van der Waals surface area contributed by atoms with Crippen LogP contribution in [0.3, 0.4) is 0 Å². The minimum Gasteiger partial charge on any atom is -0.444 e. The fourth-order valence-electron chi connectivity index (χ4n) is 1.80. The Balaban J connectivity index is 2.56. The first kappa shape index (κ1) is 16.8. The Labute approximate surface area is 126 Å². The lowest BCUT2D eigenvalue weighted by molar-refractivity contribution is 0.0526. The first-order chi connectivity index (χ1) is 9.73. The molecule has 0 aromatic heterocycles. The van der Waals surface area contributed by atoms with Gasteiger partial charge in [0.15, 0.2) is 0 Å². The van der Waals surface area contributed by atoms with Gasteiger partial charge in [-0.15, -0.1) is 0 Å². The lowest BCUT2D eigenvalue weighted by atomic mass is 10.1. The van der Waals surface area contributed by atoms with Gasteiger partial charge in [0.2, 0.25) is 0 Å². The predicted octanol–water partition coefficient (Wildman–Crippen LogP) is 3.19. The standard InChI is InChI=1S/C16H23N3O2/c1-11-7-6-8-14(13(11)9-17)19-12(2)10-18-15(20)21-16(3,4)5/h6-8,12,19H,10H2,1-5H3,(H,18,20). The number of carbonyl (C=O) groups is 1. The smallest absolute Gasteiger partial charge is 0.407 e. The first-order valence-electron chi connectivity index (χ1n) is 6.96. The molecule has 1 rings (SSSR count). The molecular formula is C16H23N3O2. The third-order valence-electron chi connectivity index (χ3n) is 2.74. The van der Waals surface area contributed by atoms with E-state index in [0.29, 0.717) is 12.1 Å². The van der Waals surface area contributed by atoms with Crippen LogP contribution in [0.25, 0.3) is 0 Å². The van der Waals surface area contributed by atoms with Gasteiger partial charge < -0.3 is 15.4 Å². The van der Waals surface area contributed by atoms with Crippen LogP contribution in [0.5, 0.6) is 0 Å². The zero-order valence-electron chi connectivity index (χ0n) is 13.3. The summed E-state index contributed by atoms with van der Waals surface area (Å²) in [5.41, 5.74) is 1.82. The van der Waals surface area contributed by atoms with Gasteiger partial charge in [-0.2, -0.15) is 5.26 Å². The molecule has 0 fully saturated rings. The second kappa shape index (κ2) is 6.98. The van der Waals surface area contributed by atoms with Crippen LogP contribution in [0.4, 0.5) is 10.5 Å². The van der Waals surface area contributed by atoms with Gasteiger partial charge in [0.25, 0.3) is 0 Å². The maximum Gasteiger partial charge on any atom is 0.407 e. The van der Waals surface area contributed by atoms with E-state index in [0.717, 1.165) is 11.3 Å². The molecule has 1 atom stereocenters. The van der Waals surface area contributed by atoms with Crippen molar-refractivity contribution in [3.8, 4) is 6.07 Å². The quantitative estimate of drug-likeness (QED) is 0.892. The molecule has 0 saturated carbocycles. The van der Waals surface area contributed by atoms with Crippen molar-refractivity contribution in [3.05, 3.63) is 29.3 Å². The highest BCUT2D eigenvalue weighted by Gasteiger charge is 2.16. The highest BCUT2D eigenvalue weighted by atomic mass is 16.6. The molecule has 1 unspecified atom stereocenters. The summed E-state index contributed by atoms with van der Waals surface area (Å²) in [6.07, 6.45) is -0.444. The number of nitrogens with one attached hydrogen (secondary N) is 2. The molecular weight excluding hydrogens is 266 g/mol. The van der Waals surface area contributed by atoms with Gasteiger partial charge >= 0.3 is 6.09 Å². The molecule has 5 nitrogen and oxygen atoms in total. The minimum atomic E-state index is -0.509. The number of nitrogens with zero attached hydrogens (tertiary/aromatic N) is 1. The highest BCUT2D eigenvalue weighted by molar-refractivity contribution is 5.68. The number of benzene rings is 1. The summed E-state index contributed by atoms with van der Waals surface area (Å²) < 4.78 is 5.17. The number of nitriles is 1. The molecule has 21 heavy (non-hydrogen) atoms. The lowest BCUT2D eigenvalue weighted by Gasteiger charge is -2.21. The first-order valence-corrected chi connectivity index (χ1v) is 6.96. The Morgan fingerprint density at radius 1 is 1.43 bits per heavy atom. The molecule has 0 heterocycles. The maximum atomic E-state index is 11.6. The maximum absolute atomic E-state index is 11.6. The SMILES string of the molecule is Cc1cccc(NC(C)CNC(=O)OC(C)(C)C)c1C#N. The van der Waals surface area contributed by atoms with Gasteiger partial charge in [-0.1, -0.05) is 12.1 Å². The van der Waals surface area contributed by atoms with Crippen LogP contribution in [0.1, 0.15) is 38.8 Å². The predicted molar refractivity (Wildman–Crippen MR) is 83.2 cm³/mol. The van der Waals surface area contributed by atoms with E-state index < -0.39 is 11.7 Å². The molecule has 0 radical (unpaired) electrons. The van der Waals surface area contributed by atoms with Crippen molar-refractivity contribution in [1.29, 1.82) is 5.26 Å². The number of carbonyl (C=O) groups excluding carboxylic acids is 1. The number of hydrogen-bond acceptors (Lipinski definition) is 4. The van der Waals surface area contributed by atoms with E-state index in [2.05, 4.69) is 16.7 Å². The number of ether oxygens (including phenoxy) is 1. The summed E-state index contributed by atoms with van der Waals surface area (Å²) in [5, 5.41) is 15.1. The van der Waals surface area contributed by atoms with Crippen molar-refractivity contribution in [2.45, 2.75) is 46.3 Å². The van der Waals surface area contributed by atoms with E-state index >= 15 is 0 Å². The normalized spacial score (nSPS) is 12.2. The van der Waals surface area contributed by atoms with Crippen LogP contribution in [-0.2, 0) is 4.74 Å². The average Bonchev–Trinajstić information content (AvgIpc) is 2.35.